The Labute approximate surface area is 418 Å². The average Bonchev–Trinajstić information content (AvgIpc) is 3.70. The van der Waals surface area contributed by atoms with Gasteiger partial charge in [-0.3, -0.25) is 42.9 Å². The molecule has 0 aliphatic rings. The van der Waals surface area contributed by atoms with E-state index in [9.17, 15) is 56.7 Å². The summed E-state index contributed by atoms with van der Waals surface area (Å²) >= 11 is 2.61. The molecule has 1 aromatic heterocycles. The Morgan fingerprint density at radius 3 is 1.80 bits per heavy atom. The lowest BCUT2D eigenvalue weighted by molar-refractivity contribution is -0.141. The number of aliphatic carboxylic acids is 1. The number of benzene rings is 2. The van der Waals surface area contributed by atoms with Crippen LogP contribution in [0.2, 0.25) is 0 Å². The van der Waals surface area contributed by atoms with Gasteiger partial charge in [0.05, 0.1) is 19.6 Å². The molecule has 0 radical (unpaired) electrons. The second-order valence-electron chi connectivity index (χ2n) is 16.8. The molecular weight excluding hydrogens is 991 g/mol. The van der Waals surface area contributed by atoms with E-state index in [4.69, 9.17) is 15.0 Å². The van der Waals surface area contributed by atoms with E-state index in [0.717, 1.165) is 0 Å². The molecule has 12 N–H and O–H groups in total. The third kappa shape index (κ3) is 21.6. The lowest BCUT2D eigenvalue weighted by atomic mass is 10.0. The number of carbonyl (C=O) groups excluding carboxylic acids is 8. The van der Waals surface area contributed by atoms with Crippen molar-refractivity contribution in [2.45, 2.75) is 94.7 Å². The molecule has 27 heteroatoms. The van der Waals surface area contributed by atoms with Gasteiger partial charge >= 0.3 is 22.5 Å². The molecule has 8 amide bonds. The van der Waals surface area contributed by atoms with Crippen molar-refractivity contribution in [2.75, 3.05) is 37.2 Å². The number of primary amides is 1. The first-order chi connectivity index (χ1) is 33.4. The van der Waals surface area contributed by atoms with Crippen molar-refractivity contribution >= 4 is 98.2 Å². The first-order valence-corrected chi connectivity index (χ1v) is 26.0. The highest BCUT2D eigenvalue weighted by molar-refractivity contribution is 7.98. The van der Waals surface area contributed by atoms with E-state index in [-0.39, 0.29) is 31.4 Å². The Kier molecular flexibility index (Phi) is 23.6. The Morgan fingerprint density at radius 2 is 1.23 bits per heavy atom. The first-order valence-electron chi connectivity index (χ1n) is 21.9. The van der Waals surface area contributed by atoms with Crippen LogP contribution in [0.4, 0.5) is 4.79 Å². The molecule has 71 heavy (non-hydrogen) atoms. The molecule has 0 bridgehead atoms. The number of amides is 8. The number of thioether (sulfide) groups is 2. The minimum Gasteiger partial charge on any atom is -0.481 e. The largest absolute Gasteiger partial charge is 0.481 e. The minimum absolute atomic E-state index is 0.0267. The van der Waals surface area contributed by atoms with Crippen molar-refractivity contribution in [3.05, 3.63) is 71.9 Å². The van der Waals surface area contributed by atoms with Gasteiger partial charge in [0, 0.05) is 29.9 Å². The molecule has 0 unspecified atom stereocenters. The van der Waals surface area contributed by atoms with E-state index in [2.05, 4.69) is 46.4 Å². The maximum absolute atomic E-state index is 14.2. The van der Waals surface area contributed by atoms with Crippen LogP contribution < -0.4 is 43.0 Å². The molecule has 24 nitrogen and oxygen atoms in total. The van der Waals surface area contributed by atoms with Crippen LogP contribution in [0.15, 0.2) is 60.8 Å². The molecule has 390 valence electrons. The van der Waals surface area contributed by atoms with E-state index in [1.807, 2.05) is 0 Å². The number of carboxylic acids is 1. The van der Waals surface area contributed by atoms with Gasteiger partial charge in [-0.2, -0.15) is 31.9 Å². The number of aromatic nitrogens is 1. The van der Waals surface area contributed by atoms with Crippen LogP contribution in [0.1, 0.15) is 51.2 Å². The van der Waals surface area contributed by atoms with Gasteiger partial charge in [0.2, 0.25) is 41.4 Å². The van der Waals surface area contributed by atoms with Crippen molar-refractivity contribution in [3.63, 3.8) is 0 Å². The van der Waals surface area contributed by atoms with E-state index in [0.29, 0.717) is 27.8 Å². The second-order valence-corrected chi connectivity index (χ2v) is 19.9. The molecule has 1 heterocycles. The molecule has 0 fully saturated rings. The fourth-order valence-electron chi connectivity index (χ4n) is 6.61. The first kappa shape index (κ1) is 58.9. The zero-order valence-corrected chi connectivity index (χ0v) is 42.1. The molecule has 2 aromatic carbocycles. The van der Waals surface area contributed by atoms with E-state index in [1.54, 1.807) is 73.3 Å². The summed E-state index contributed by atoms with van der Waals surface area (Å²) in [6, 6.07) is 6.64. The number of fused-ring (bicyclic) bond motifs is 1. The fraction of sp³-hybridized carbons (Fsp3) is 0.477. The summed E-state index contributed by atoms with van der Waals surface area (Å²) in [4.78, 5) is 122. The smallest absolute Gasteiger partial charge is 0.408 e. The lowest BCUT2D eigenvalue weighted by Gasteiger charge is -2.26. The van der Waals surface area contributed by atoms with Gasteiger partial charge in [-0.1, -0.05) is 48.5 Å². The monoisotopic (exact) mass is 1050 g/mol. The number of carbonyl (C=O) groups is 9. The molecule has 0 aliphatic carbocycles. The van der Waals surface area contributed by atoms with Gasteiger partial charge in [0.25, 0.3) is 0 Å². The Bertz CT molecular complexity index is 2450. The summed E-state index contributed by atoms with van der Waals surface area (Å²) in [5.41, 5.74) is 6.43. The highest BCUT2D eigenvalue weighted by Gasteiger charge is 2.34. The number of nitrogens with one attached hydrogen (secondary N) is 8. The van der Waals surface area contributed by atoms with Gasteiger partial charge in [0.15, 0.2) is 0 Å². The topological polar surface area (TPSA) is 373 Å². The molecule has 0 saturated heterocycles. The zero-order chi connectivity index (χ0) is 52.9. The maximum Gasteiger partial charge on any atom is 0.408 e. The summed E-state index contributed by atoms with van der Waals surface area (Å²) in [5.74, 6) is -7.58. The van der Waals surface area contributed by atoms with Crippen molar-refractivity contribution in [2.24, 2.45) is 5.73 Å². The average molecular weight is 1050 g/mol. The summed E-state index contributed by atoms with van der Waals surface area (Å²) in [5, 5.41) is 27.3. The number of aromatic amines is 1. The molecule has 6 atom stereocenters. The SMILES string of the molecule is CSCC[C@H](NC(=O)[C@H](COS(=O)(=O)O)NC(=O)OC(C)(C)C)C(=O)NCC(=O)N[C@@H](Cc1c[nH]c2ccccc12)C(=O)N[C@@H](CCSC)C(=O)N[C@@H](CC(=O)O)C(=O)N[C@@H](Cc1ccccc1)C(N)=O. The van der Waals surface area contributed by atoms with Crippen molar-refractivity contribution in [1.29, 1.82) is 0 Å². The van der Waals surface area contributed by atoms with Gasteiger partial charge < -0.3 is 57.8 Å². The second kappa shape index (κ2) is 28.4. The number of hydrogen-bond acceptors (Lipinski definition) is 15. The number of carboxylic acid groups (broad SMARTS) is 1. The van der Waals surface area contributed by atoms with Gasteiger partial charge in [-0.15, -0.1) is 0 Å². The Morgan fingerprint density at radius 1 is 0.690 bits per heavy atom. The van der Waals surface area contributed by atoms with Crippen LogP contribution in [-0.4, -0.2) is 155 Å². The van der Waals surface area contributed by atoms with E-state index in [1.165, 1.54) is 44.3 Å². The van der Waals surface area contributed by atoms with Crippen molar-refractivity contribution in [3.8, 4) is 0 Å². The molecular formula is C44H61N9O15S3. The number of ether oxygens (including phenoxy) is 1. The van der Waals surface area contributed by atoms with E-state index >= 15 is 0 Å². The quantitative estimate of drug-likeness (QED) is 0.0397. The number of nitrogens with two attached hydrogens (primary N) is 1. The van der Waals surface area contributed by atoms with Crippen LogP contribution in [0.5, 0.6) is 0 Å². The lowest BCUT2D eigenvalue weighted by Crippen LogP contribution is -2.59. The minimum atomic E-state index is -5.08. The number of hydrogen-bond donors (Lipinski definition) is 11. The molecule has 0 aliphatic heterocycles. The zero-order valence-electron chi connectivity index (χ0n) is 39.6. The predicted octanol–water partition coefficient (Wildman–Crippen LogP) is -0.328. The summed E-state index contributed by atoms with van der Waals surface area (Å²) in [6.07, 6.45) is 2.76. The van der Waals surface area contributed by atoms with Crippen molar-refractivity contribution in [1.82, 2.24) is 42.2 Å². The number of para-hydroxylation sites is 1. The maximum atomic E-state index is 14.2. The molecule has 3 aromatic rings. The Balaban J connectivity index is 1.84. The van der Waals surface area contributed by atoms with Crippen LogP contribution >= 0.6 is 23.5 Å². The molecule has 0 saturated carbocycles. The highest BCUT2D eigenvalue weighted by Crippen LogP contribution is 2.20. The van der Waals surface area contributed by atoms with Crippen molar-refractivity contribution < 1.29 is 70.1 Å². The number of alkyl carbamates (subject to hydrolysis) is 1. The van der Waals surface area contributed by atoms with Gasteiger partial charge in [-0.05, 0) is 74.8 Å². The van der Waals surface area contributed by atoms with Gasteiger partial charge in [0.1, 0.15) is 41.9 Å². The van der Waals surface area contributed by atoms with E-state index < -0.39 is 125 Å². The fourth-order valence-corrected chi connectivity index (χ4v) is 7.86. The van der Waals surface area contributed by atoms with Gasteiger partial charge in [-0.25, -0.2) is 8.98 Å². The summed E-state index contributed by atoms with van der Waals surface area (Å²) in [6.45, 7) is 2.73. The normalized spacial score (nSPS) is 14.0. The molecule has 0 spiro atoms. The van der Waals surface area contributed by atoms with Crippen LogP contribution in [0, 0.1) is 0 Å². The van der Waals surface area contributed by atoms with Crippen LogP contribution in [0.25, 0.3) is 10.9 Å². The Hall–Kier alpha value is -6.42. The highest BCUT2D eigenvalue weighted by atomic mass is 32.3. The number of rotatable bonds is 29. The third-order valence-corrected chi connectivity index (χ3v) is 11.7. The molecule has 3 rings (SSSR count). The third-order valence-electron chi connectivity index (χ3n) is 10.0. The van der Waals surface area contributed by atoms with Crippen LogP contribution in [-0.2, 0) is 70.5 Å². The van der Waals surface area contributed by atoms with Crippen LogP contribution in [0.3, 0.4) is 0 Å². The number of H-pyrrole nitrogens is 1. The summed E-state index contributed by atoms with van der Waals surface area (Å²) < 4.78 is 41.2. The predicted molar refractivity (Wildman–Crippen MR) is 263 cm³/mol. The standard InChI is InChI=1S/C44H61N9O15S3/c1-44(2,3)68-43(63)53-34(24-67-71(64,65)66)42(62)49-29(15-17-69-4)38(58)47-23-35(54)48-32(20-26-22-46-28-14-10-9-13-27(26)28)40(60)50-30(16-18-70-5)39(59)52-33(21-36(55)56)41(61)51-31(37(45)57)19-25-11-7-6-8-12-25/h6-14,22,29-34,46H,15-21,23-24H2,1-5H3,(H2,45,57)(H,47,58)(H,48,54)(H,49,62)(H,50,60)(H,51,61)(H,52,59)(H,53,63)(H,55,56)(H,64,65,66)/t29-,30-,31-,32-,33-,34-/m0/s1. The summed E-state index contributed by atoms with van der Waals surface area (Å²) in [7, 11) is -5.08.